The largest absolute Gasteiger partial charge is 0.409 e. The number of hydrogen-bond acceptors (Lipinski definition) is 4. The number of amidine groups is 1. The third-order valence-electron chi connectivity index (χ3n) is 4.97. The van der Waals surface area contributed by atoms with Crippen LogP contribution >= 0.6 is 0 Å². The van der Waals surface area contributed by atoms with Gasteiger partial charge in [0.1, 0.15) is 0 Å². The topological polar surface area (TPSA) is 65.1 Å². The van der Waals surface area contributed by atoms with Gasteiger partial charge < -0.3 is 20.7 Å². The lowest BCUT2D eigenvalue weighted by molar-refractivity contribution is 0.102. The summed E-state index contributed by atoms with van der Waals surface area (Å²) in [6.45, 7) is 3.31. The summed E-state index contributed by atoms with van der Waals surface area (Å²) in [5, 5.41) is 12.1. The van der Waals surface area contributed by atoms with Crippen molar-refractivity contribution in [3.8, 4) is 0 Å². The highest BCUT2D eigenvalue weighted by atomic mass is 16.4. The van der Waals surface area contributed by atoms with Gasteiger partial charge in [-0.1, -0.05) is 17.3 Å². The molecule has 3 N–H and O–H groups in total. The van der Waals surface area contributed by atoms with Crippen LogP contribution < -0.4 is 10.6 Å². The first-order chi connectivity index (χ1) is 10.2. The number of benzene rings is 1. The number of rotatable bonds is 2. The van der Waals surface area contributed by atoms with E-state index in [1.54, 1.807) is 0 Å². The molecule has 1 aromatic carbocycles. The Morgan fingerprint density at radius 2 is 2.10 bits per heavy atom. The Kier molecular flexibility index (Phi) is 4.01. The Hall–Kier alpha value is -1.75. The second-order valence-corrected chi connectivity index (χ2v) is 6.19. The van der Waals surface area contributed by atoms with Gasteiger partial charge >= 0.3 is 0 Å². The van der Waals surface area contributed by atoms with Crippen LogP contribution in [0.25, 0.3) is 0 Å². The van der Waals surface area contributed by atoms with E-state index < -0.39 is 0 Å². The van der Waals surface area contributed by atoms with E-state index in [2.05, 4.69) is 28.1 Å². The summed E-state index contributed by atoms with van der Waals surface area (Å²) < 4.78 is 0. The Morgan fingerprint density at radius 3 is 2.90 bits per heavy atom. The molecule has 0 aliphatic carbocycles. The van der Waals surface area contributed by atoms with Crippen molar-refractivity contribution in [1.29, 1.82) is 0 Å². The molecule has 2 atom stereocenters. The van der Waals surface area contributed by atoms with Gasteiger partial charge in [0.05, 0.1) is 0 Å². The number of piperidine rings is 2. The van der Waals surface area contributed by atoms with Crippen LogP contribution in [0, 0.1) is 5.92 Å². The summed E-state index contributed by atoms with van der Waals surface area (Å²) >= 11 is 0. The molecule has 2 heterocycles. The second kappa shape index (κ2) is 5.93. The highest BCUT2D eigenvalue weighted by Gasteiger charge is 2.34. The van der Waals surface area contributed by atoms with Gasteiger partial charge in [-0.3, -0.25) is 0 Å². The Bertz CT molecular complexity index is 531. The molecule has 0 saturated carbocycles. The van der Waals surface area contributed by atoms with Crippen molar-refractivity contribution in [3.05, 3.63) is 29.8 Å². The average Bonchev–Trinajstić information content (AvgIpc) is 2.54. The summed E-state index contributed by atoms with van der Waals surface area (Å²) in [5.41, 5.74) is 7.73. The first kappa shape index (κ1) is 14.2. The van der Waals surface area contributed by atoms with E-state index in [0.717, 1.165) is 30.3 Å². The van der Waals surface area contributed by atoms with Gasteiger partial charge in [0, 0.05) is 30.4 Å². The standard InChI is InChI=1S/C16H24N4O/c1-19-9-4-5-12-11-20(10-8-14(12)19)15-7-3-2-6-13(15)16(17)18-21/h2-3,6-7,12,14,21H,4-5,8-11H2,1H3,(H2,17,18). The van der Waals surface area contributed by atoms with Crippen LogP contribution in [0.5, 0.6) is 0 Å². The molecule has 2 fully saturated rings. The first-order valence-corrected chi connectivity index (χ1v) is 7.73. The second-order valence-electron chi connectivity index (χ2n) is 6.19. The van der Waals surface area contributed by atoms with Crippen LogP contribution in [-0.4, -0.2) is 48.7 Å². The van der Waals surface area contributed by atoms with E-state index in [1.165, 1.54) is 25.8 Å². The van der Waals surface area contributed by atoms with E-state index >= 15 is 0 Å². The number of anilines is 1. The Balaban J connectivity index is 1.83. The van der Waals surface area contributed by atoms with Crippen molar-refractivity contribution in [2.24, 2.45) is 16.8 Å². The number of nitrogens with two attached hydrogens (primary N) is 1. The highest BCUT2D eigenvalue weighted by molar-refractivity contribution is 6.02. The molecular formula is C16H24N4O. The Morgan fingerprint density at radius 1 is 1.29 bits per heavy atom. The van der Waals surface area contributed by atoms with Gasteiger partial charge in [-0.25, -0.2) is 0 Å². The van der Waals surface area contributed by atoms with Crippen LogP contribution in [0.3, 0.4) is 0 Å². The van der Waals surface area contributed by atoms with Crippen LogP contribution in [0.2, 0.25) is 0 Å². The van der Waals surface area contributed by atoms with Crippen LogP contribution in [0.15, 0.2) is 29.4 Å². The van der Waals surface area contributed by atoms with E-state index in [9.17, 15) is 0 Å². The minimum Gasteiger partial charge on any atom is -0.409 e. The molecule has 0 amide bonds. The van der Waals surface area contributed by atoms with Crippen LogP contribution in [-0.2, 0) is 0 Å². The summed E-state index contributed by atoms with van der Waals surface area (Å²) in [6, 6.07) is 8.65. The number of para-hydroxylation sites is 1. The lowest BCUT2D eigenvalue weighted by atomic mass is 9.84. The van der Waals surface area contributed by atoms with E-state index in [0.29, 0.717) is 6.04 Å². The average molecular weight is 288 g/mol. The third kappa shape index (κ3) is 2.70. The molecule has 114 valence electrons. The fraction of sp³-hybridized carbons (Fsp3) is 0.562. The summed E-state index contributed by atoms with van der Waals surface area (Å²) in [5.74, 6) is 0.909. The fourth-order valence-corrected chi connectivity index (χ4v) is 3.89. The number of fused-ring (bicyclic) bond motifs is 1. The molecule has 0 bridgehead atoms. The molecule has 0 spiro atoms. The summed E-state index contributed by atoms with van der Waals surface area (Å²) in [6.07, 6.45) is 3.77. The SMILES string of the molecule is CN1CCCC2CN(c3ccccc3/C(N)=N/O)CCC21. The van der Waals surface area contributed by atoms with Crippen LogP contribution in [0.1, 0.15) is 24.8 Å². The molecule has 0 aromatic heterocycles. The minimum absolute atomic E-state index is 0.188. The zero-order valence-corrected chi connectivity index (χ0v) is 12.6. The minimum atomic E-state index is 0.188. The van der Waals surface area contributed by atoms with Gasteiger partial charge in [-0.2, -0.15) is 0 Å². The molecule has 5 heteroatoms. The van der Waals surface area contributed by atoms with Gasteiger partial charge in [0.2, 0.25) is 0 Å². The van der Waals surface area contributed by atoms with Gasteiger partial charge in [-0.05, 0) is 50.9 Å². The Labute approximate surface area is 126 Å². The van der Waals surface area contributed by atoms with Crippen molar-refractivity contribution in [2.45, 2.75) is 25.3 Å². The molecule has 21 heavy (non-hydrogen) atoms. The highest BCUT2D eigenvalue weighted by Crippen LogP contribution is 2.33. The smallest absolute Gasteiger partial charge is 0.172 e. The maximum atomic E-state index is 8.97. The molecule has 2 aliphatic rings. The lowest BCUT2D eigenvalue weighted by Gasteiger charge is -2.47. The molecule has 1 aromatic rings. The normalized spacial score (nSPS) is 27.5. The van der Waals surface area contributed by atoms with Gasteiger partial charge in [-0.15, -0.1) is 0 Å². The number of nitrogens with zero attached hydrogens (tertiary/aromatic N) is 3. The summed E-state index contributed by atoms with van der Waals surface area (Å²) in [7, 11) is 2.25. The predicted molar refractivity (Wildman–Crippen MR) is 84.9 cm³/mol. The van der Waals surface area contributed by atoms with Crippen LogP contribution in [0.4, 0.5) is 5.69 Å². The molecule has 2 aliphatic heterocycles. The zero-order chi connectivity index (χ0) is 14.8. The maximum Gasteiger partial charge on any atom is 0.172 e. The van der Waals surface area contributed by atoms with Crippen molar-refractivity contribution in [1.82, 2.24) is 4.90 Å². The van der Waals surface area contributed by atoms with E-state index in [4.69, 9.17) is 10.9 Å². The number of likely N-dealkylation sites (tertiary alicyclic amines) is 1. The first-order valence-electron chi connectivity index (χ1n) is 7.73. The molecule has 5 nitrogen and oxygen atoms in total. The van der Waals surface area contributed by atoms with Crippen molar-refractivity contribution < 1.29 is 5.21 Å². The molecule has 0 radical (unpaired) electrons. The quantitative estimate of drug-likeness (QED) is 0.376. The monoisotopic (exact) mass is 288 g/mol. The molecule has 2 saturated heterocycles. The molecular weight excluding hydrogens is 264 g/mol. The predicted octanol–water partition coefficient (Wildman–Crippen LogP) is 1.70. The fourth-order valence-electron chi connectivity index (χ4n) is 3.89. The van der Waals surface area contributed by atoms with Gasteiger partial charge in [0.25, 0.3) is 0 Å². The van der Waals surface area contributed by atoms with Gasteiger partial charge in [0.15, 0.2) is 5.84 Å². The zero-order valence-electron chi connectivity index (χ0n) is 12.6. The maximum absolute atomic E-state index is 8.97. The van der Waals surface area contributed by atoms with E-state index in [-0.39, 0.29) is 5.84 Å². The van der Waals surface area contributed by atoms with Crippen molar-refractivity contribution in [2.75, 3.05) is 31.6 Å². The molecule has 3 rings (SSSR count). The third-order valence-corrected chi connectivity index (χ3v) is 4.97. The number of hydrogen-bond donors (Lipinski definition) is 2. The van der Waals surface area contributed by atoms with Crippen molar-refractivity contribution in [3.63, 3.8) is 0 Å². The molecule has 2 unspecified atom stereocenters. The lowest BCUT2D eigenvalue weighted by Crippen LogP contribution is -2.53. The number of oxime groups is 1. The van der Waals surface area contributed by atoms with Crippen molar-refractivity contribution >= 4 is 11.5 Å². The summed E-state index contributed by atoms with van der Waals surface area (Å²) in [4.78, 5) is 4.91. The van der Waals surface area contributed by atoms with E-state index in [1.807, 2.05) is 18.2 Å².